The van der Waals surface area contributed by atoms with Crippen molar-refractivity contribution in [2.24, 2.45) is 0 Å². The van der Waals surface area contributed by atoms with Crippen molar-refractivity contribution >= 4 is 40.3 Å². The number of rotatable bonds is 6. The van der Waals surface area contributed by atoms with Gasteiger partial charge in [-0.3, -0.25) is 0 Å². The van der Waals surface area contributed by atoms with Gasteiger partial charge < -0.3 is 15.2 Å². The molecule has 104 valence electrons. The van der Waals surface area contributed by atoms with Gasteiger partial charge in [0.2, 0.25) is 0 Å². The summed E-state index contributed by atoms with van der Waals surface area (Å²) in [5.41, 5.74) is 0. The number of hydrogen-bond donors (Lipinski definition) is 2. The monoisotopic (exact) mass is 283 g/mol. The van der Waals surface area contributed by atoms with Crippen LogP contribution in [-0.2, 0) is 0 Å². The van der Waals surface area contributed by atoms with E-state index < -0.39 is 6.10 Å². The maximum absolute atomic E-state index is 9.84. The second kappa shape index (κ2) is 8.65. The van der Waals surface area contributed by atoms with Crippen LogP contribution < -0.4 is 10.1 Å². The van der Waals surface area contributed by atoms with Crippen LogP contribution in [0.4, 0.5) is 0 Å². The summed E-state index contributed by atoms with van der Waals surface area (Å²) in [6.07, 6.45) is -0.499. The molecule has 0 aliphatic rings. The molecule has 0 fully saturated rings. The topological polar surface area (TPSA) is 41.5 Å². The van der Waals surface area contributed by atoms with Crippen molar-refractivity contribution in [3.63, 3.8) is 0 Å². The molecule has 0 saturated heterocycles. The van der Waals surface area contributed by atoms with Crippen molar-refractivity contribution < 1.29 is 9.84 Å². The number of aliphatic hydroxyl groups is 1. The molecule has 0 bridgehead atoms. The van der Waals surface area contributed by atoms with Crippen molar-refractivity contribution in [2.45, 2.75) is 26.0 Å². The van der Waals surface area contributed by atoms with E-state index >= 15 is 0 Å². The molecular weight excluding hydrogens is 261 g/mol. The van der Waals surface area contributed by atoms with E-state index in [0.29, 0.717) is 19.2 Å². The second-order valence-corrected chi connectivity index (χ2v) is 5.01. The van der Waals surface area contributed by atoms with Crippen molar-refractivity contribution in [1.82, 2.24) is 5.32 Å². The van der Waals surface area contributed by atoms with E-state index in [4.69, 9.17) is 4.74 Å². The molecule has 0 saturated carbocycles. The number of fused-ring (bicyclic) bond motifs is 1. The fourth-order valence-corrected chi connectivity index (χ4v) is 1.94. The Balaban J connectivity index is 0.00000200. The number of hydrogen-bond acceptors (Lipinski definition) is 3. The normalized spacial score (nSPS) is 12.2. The van der Waals surface area contributed by atoms with Gasteiger partial charge in [-0.2, -0.15) is 0 Å². The van der Waals surface area contributed by atoms with Gasteiger partial charge in [-0.1, -0.05) is 50.2 Å². The first kappa shape index (κ1) is 17.5. The van der Waals surface area contributed by atoms with Gasteiger partial charge in [0.05, 0.1) is 0 Å². The summed E-state index contributed by atoms with van der Waals surface area (Å²) in [5.74, 6) is 0.821. The molecule has 1 unspecified atom stereocenters. The Bertz CT molecular complexity index is 525. The van der Waals surface area contributed by atoms with E-state index in [-0.39, 0.29) is 29.6 Å². The Morgan fingerprint density at radius 1 is 1.10 bits per heavy atom. The maximum atomic E-state index is 9.84. The Hall–Kier alpha value is -0.580. The second-order valence-electron chi connectivity index (χ2n) is 5.01. The summed E-state index contributed by atoms with van der Waals surface area (Å²) in [6, 6.07) is 14.4. The molecule has 0 amide bonds. The zero-order valence-corrected chi connectivity index (χ0v) is 11.5. The van der Waals surface area contributed by atoms with Crippen molar-refractivity contribution in [1.29, 1.82) is 0 Å². The number of ether oxygens (including phenoxy) is 1. The van der Waals surface area contributed by atoms with Gasteiger partial charge in [-0.15, -0.1) is 0 Å². The van der Waals surface area contributed by atoms with E-state index in [9.17, 15) is 5.11 Å². The molecule has 2 N–H and O–H groups in total. The van der Waals surface area contributed by atoms with E-state index in [1.54, 1.807) is 0 Å². The molecule has 0 aromatic heterocycles. The number of nitrogens with one attached hydrogen (secondary N) is 1. The first-order chi connectivity index (χ1) is 9.16. The molecule has 0 aliphatic heterocycles. The first-order valence-electron chi connectivity index (χ1n) is 6.69. The predicted molar refractivity (Wildman–Crippen MR) is 85.7 cm³/mol. The first-order valence-corrected chi connectivity index (χ1v) is 6.69. The van der Waals surface area contributed by atoms with E-state index in [2.05, 4.69) is 31.3 Å². The van der Waals surface area contributed by atoms with Gasteiger partial charge >= 0.3 is 29.6 Å². The molecular formula is C16H22NNaO2. The Kier molecular flexibility index (Phi) is 7.56. The van der Waals surface area contributed by atoms with Crippen LogP contribution in [0.5, 0.6) is 5.75 Å². The molecule has 2 aromatic rings. The Labute approximate surface area is 142 Å². The van der Waals surface area contributed by atoms with Gasteiger partial charge in [0, 0.05) is 18.0 Å². The van der Waals surface area contributed by atoms with Crippen LogP contribution in [0.15, 0.2) is 42.5 Å². The molecule has 2 aromatic carbocycles. The molecule has 0 radical (unpaired) electrons. The summed E-state index contributed by atoms with van der Waals surface area (Å²) in [5, 5.41) is 15.3. The van der Waals surface area contributed by atoms with Crippen LogP contribution in [-0.4, -0.2) is 60.0 Å². The number of aliphatic hydroxyl groups excluding tert-OH is 1. The third-order valence-electron chi connectivity index (χ3n) is 2.94. The minimum atomic E-state index is -0.499. The molecule has 0 aliphatic carbocycles. The van der Waals surface area contributed by atoms with Crippen molar-refractivity contribution in [3.05, 3.63) is 42.5 Å². The molecule has 2 rings (SSSR count). The van der Waals surface area contributed by atoms with E-state index in [1.807, 2.05) is 30.3 Å². The summed E-state index contributed by atoms with van der Waals surface area (Å²) in [4.78, 5) is 0. The van der Waals surface area contributed by atoms with Crippen LogP contribution in [0.2, 0.25) is 0 Å². The standard InChI is InChI=1S/C16H21NO2.Na.H/c1-12(2)17-10-14(18)11-19-16-9-5-7-13-6-3-4-8-15(13)16;;/h3-9,12,14,17-18H,10-11H2,1-2H3;;. The summed E-state index contributed by atoms with van der Waals surface area (Å²) >= 11 is 0. The van der Waals surface area contributed by atoms with Gasteiger partial charge in [0.15, 0.2) is 0 Å². The number of benzene rings is 2. The fourth-order valence-electron chi connectivity index (χ4n) is 1.94. The van der Waals surface area contributed by atoms with Crippen molar-refractivity contribution in [2.75, 3.05) is 13.2 Å². The third kappa shape index (κ3) is 5.08. The SMILES string of the molecule is CC(C)NCC(O)COc1cccc2ccccc12.[NaH]. The van der Waals surface area contributed by atoms with Gasteiger partial charge in [-0.25, -0.2) is 0 Å². The predicted octanol–water partition coefficient (Wildman–Crippen LogP) is 1.93. The van der Waals surface area contributed by atoms with Gasteiger partial charge in [-0.05, 0) is 11.5 Å². The zero-order chi connectivity index (χ0) is 13.7. The molecule has 3 nitrogen and oxygen atoms in total. The summed E-state index contributed by atoms with van der Waals surface area (Å²) < 4.78 is 5.72. The molecule has 4 heteroatoms. The molecule has 1 atom stereocenters. The minimum absolute atomic E-state index is 0. The van der Waals surface area contributed by atoms with Gasteiger partial charge in [0.1, 0.15) is 18.5 Å². The fraction of sp³-hybridized carbons (Fsp3) is 0.375. The summed E-state index contributed by atoms with van der Waals surface area (Å²) in [6.45, 7) is 4.95. The van der Waals surface area contributed by atoms with Crippen LogP contribution >= 0.6 is 0 Å². The van der Waals surface area contributed by atoms with Crippen LogP contribution in [0.25, 0.3) is 10.8 Å². The quantitative estimate of drug-likeness (QED) is 0.796. The Morgan fingerprint density at radius 3 is 2.55 bits per heavy atom. The molecule has 20 heavy (non-hydrogen) atoms. The zero-order valence-electron chi connectivity index (χ0n) is 11.5. The van der Waals surface area contributed by atoms with Crippen molar-refractivity contribution in [3.8, 4) is 5.75 Å². The molecule has 0 heterocycles. The Morgan fingerprint density at radius 2 is 1.80 bits per heavy atom. The van der Waals surface area contributed by atoms with Crippen LogP contribution in [0.3, 0.4) is 0 Å². The average Bonchev–Trinajstić information content (AvgIpc) is 2.42. The van der Waals surface area contributed by atoms with E-state index in [1.165, 1.54) is 0 Å². The average molecular weight is 283 g/mol. The van der Waals surface area contributed by atoms with Gasteiger partial charge in [0.25, 0.3) is 0 Å². The van der Waals surface area contributed by atoms with Crippen LogP contribution in [0.1, 0.15) is 13.8 Å². The molecule has 0 spiro atoms. The third-order valence-corrected chi connectivity index (χ3v) is 2.94. The summed E-state index contributed by atoms with van der Waals surface area (Å²) in [7, 11) is 0. The van der Waals surface area contributed by atoms with Crippen LogP contribution in [0, 0.1) is 0 Å². The van der Waals surface area contributed by atoms with E-state index in [0.717, 1.165) is 16.5 Å².